The summed E-state index contributed by atoms with van der Waals surface area (Å²) in [5, 5.41) is 0. The van der Waals surface area contributed by atoms with Gasteiger partial charge in [0.15, 0.2) is 0 Å². The quantitative estimate of drug-likeness (QED) is 0.610. The zero-order chi connectivity index (χ0) is 12.3. The monoisotopic (exact) mass is 204 g/mol. The van der Waals surface area contributed by atoms with E-state index in [1.807, 2.05) is 39.8 Å². The van der Waals surface area contributed by atoms with E-state index in [4.69, 9.17) is 0 Å². The summed E-state index contributed by atoms with van der Waals surface area (Å²) in [6.07, 6.45) is 3.69. The van der Waals surface area contributed by atoms with Gasteiger partial charge in [-0.3, -0.25) is 0 Å². The highest BCUT2D eigenvalue weighted by Gasteiger charge is 1.93. The number of benzene rings is 1. The maximum Gasteiger partial charge on any atom is -0.0187 e. The second kappa shape index (κ2) is 10.8. The molecule has 84 valence electrons. The summed E-state index contributed by atoms with van der Waals surface area (Å²) >= 11 is 0. The fourth-order valence-electron chi connectivity index (χ4n) is 1.06. The Morgan fingerprint density at radius 3 is 1.73 bits per heavy atom. The molecule has 0 saturated heterocycles. The van der Waals surface area contributed by atoms with Gasteiger partial charge in [0.25, 0.3) is 0 Å². The molecule has 15 heavy (non-hydrogen) atoms. The van der Waals surface area contributed by atoms with Crippen LogP contribution in [0.15, 0.2) is 31.4 Å². The highest BCUT2D eigenvalue weighted by atomic mass is 14.0. The first-order valence-corrected chi connectivity index (χ1v) is 5.63. The fraction of sp³-hybridized carbons (Fsp3) is 0.333. The molecule has 0 radical (unpaired) electrons. The third kappa shape index (κ3) is 5.90. The lowest BCUT2D eigenvalue weighted by atomic mass is 10.0. The minimum Gasteiger partial charge on any atom is -0.0984 e. The topological polar surface area (TPSA) is 0 Å². The zero-order valence-corrected chi connectivity index (χ0v) is 10.8. The van der Waals surface area contributed by atoms with Gasteiger partial charge in [0.1, 0.15) is 0 Å². The summed E-state index contributed by atoms with van der Waals surface area (Å²) in [5.74, 6) is 0. The SMILES string of the molecule is C=Cc1ccc(C)cc1C=C.CC.CC. The van der Waals surface area contributed by atoms with E-state index in [1.165, 1.54) is 5.56 Å². The standard InChI is InChI=1S/C11H12.2C2H6/c1-4-10-7-6-9(3)8-11(10)5-2;2*1-2/h4-8H,1-2H2,3H3;2*1-2H3. The Hall–Kier alpha value is -1.30. The van der Waals surface area contributed by atoms with Crippen LogP contribution in [0.5, 0.6) is 0 Å². The van der Waals surface area contributed by atoms with Gasteiger partial charge in [-0.25, -0.2) is 0 Å². The number of hydrogen-bond donors (Lipinski definition) is 0. The van der Waals surface area contributed by atoms with Gasteiger partial charge in [0, 0.05) is 0 Å². The Balaban J connectivity index is 0. The molecule has 0 heteroatoms. The van der Waals surface area contributed by atoms with Crippen LogP contribution in [0.1, 0.15) is 44.4 Å². The van der Waals surface area contributed by atoms with Gasteiger partial charge in [0.05, 0.1) is 0 Å². The van der Waals surface area contributed by atoms with E-state index in [2.05, 4.69) is 38.3 Å². The van der Waals surface area contributed by atoms with E-state index in [1.54, 1.807) is 0 Å². The van der Waals surface area contributed by atoms with Crippen LogP contribution in [-0.4, -0.2) is 0 Å². The Labute approximate surface area is 95.3 Å². The van der Waals surface area contributed by atoms with Crippen LogP contribution in [0.25, 0.3) is 12.2 Å². The maximum atomic E-state index is 3.73. The molecule has 0 heterocycles. The lowest BCUT2D eigenvalue weighted by Gasteiger charge is -2.00. The van der Waals surface area contributed by atoms with Gasteiger partial charge < -0.3 is 0 Å². The van der Waals surface area contributed by atoms with E-state index in [0.717, 1.165) is 11.1 Å². The minimum atomic E-state index is 1.14. The molecule has 0 aromatic heterocycles. The molecule has 0 fully saturated rings. The Bertz CT molecular complexity index is 282. The van der Waals surface area contributed by atoms with Crippen molar-refractivity contribution < 1.29 is 0 Å². The number of rotatable bonds is 2. The van der Waals surface area contributed by atoms with Crippen LogP contribution >= 0.6 is 0 Å². The van der Waals surface area contributed by atoms with Crippen molar-refractivity contribution in [2.75, 3.05) is 0 Å². The van der Waals surface area contributed by atoms with Crippen molar-refractivity contribution in [2.24, 2.45) is 0 Å². The average molecular weight is 204 g/mol. The van der Waals surface area contributed by atoms with Gasteiger partial charge >= 0.3 is 0 Å². The van der Waals surface area contributed by atoms with Crippen LogP contribution in [0.2, 0.25) is 0 Å². The summed E-state index contributed by atoms with van der Waals surface area (Å²) in [6, 6.07) is 6.23. The molecule has 1 aromatic rings. The van der Waals surface area contributed by atoms with Gasteiger partial charge in [-0.1, -0.05) is 76.8 Å². The predicted octanol–water partition coefficient (Wildman–Crippen LogP) is 5.33. The molecule has 0 nitrogen and oxygen atoms in total. The molecule has 0 aliphatic carbocycles. The van der Waals surface area contributed by atoms with E-state index in [0.29, 0.717) is 0 Å². The van der Waals surface area contributed by atoms with Crippen molar-refractivity contribution in [1.29, 1.82) is 0 Å². The molecule has 1 rings (SSSR count). The third-order valence-corrected chi connectivity index (χ3v) is 1.68. The third-order valence-electron chi connectivity index (χ3n) is 1.68. The molecule has 0 bridgehead atoms. The number of hydrogen-bond acceptors (Lipinski definition) is 0. The molecule has 0 atom stereocenters. The summed E-state index contributed by atoms with van der Waals surface area (Å²) in [5.41, 5.74) is 3.55. The van der Waals surface area contributed by atoms with E-state index in [-0.39, 0.29) is 0 Å². The van der Waals surface area contributed by atoms with Gasteiger partial charge in [0.2, 0.25) is 0 Å². The smallest absolute Gasteiger partial charge is 0.0187 e. The van der Waals surface area contributed by atoms with Crippen LogP contribution in [-0.2, 0) is 0 Å². The second-order valence-electron chi connectivity index (χ2n) is 2.54. The van der Waals surface area contributed by atoms with Crippen molar-refractivity contribution in [3.63, 3.8) is 0 Å². The largest absolute Gasteiger partial charge is 0.0984 e. The van der Waals surface area contributed by atoms with Gasteiger partial charge in [-0.05, 0) is 18.1 Å². The molecular weight excluding hydrogens is 180 g/mol. The predicted molar refractivity (Wildman–Crippen MR) is 74.1 cm³/mol. The van der Waals surface area contributed by atoms with Crippen LogP contribution in [0.4, 0.5) is 0 Å². The molecule has 0 saturated carbocycles. The summed E-state index contributed by atoms with van der Waals surface area (Å²) < 4.78 is 0. The van der Waals surface area contributed by atoms with Crippen molar-refractivity contribution >= 4 is 12.2 Å². The van der Waals surface area contributed by atoms with Crippen LogP contribution in [0.3, 0.4) is 0 Å². The molecule has 1 aromatic carbocycles. The second-order valence-corrected chi connectivity index (χ2v) is 2.54. The Kier molecular flexibility index (Phi) is 11.6. The lowest BCUT2D eigenvalue weighted by Crippen LogP contribution is -1.80. The molecule has 0 N–H and O–H groups in total. The minimum absolute atomic E-state index is 1.14. The Morgan fingerprint density at radius 2 is 1.33 bits per heavy atom. The van der Waals surface area contributed by atoms with Crippen molar-refractivity contribution in [3.8, 4) is 0 Å². The van der Waals surface area contributed by atoms with Crippen molar-refractivity contribution in [1.82, 2.24) is 0 Å². The Morgan fingerprint density at radius 1 is 0.867 bits per heavy atom. The maximum absolute atomic E-state index is 3.73. The highest BCUT2D eigenvalue weighted by molar-refractivity contribution is 5.64. The zero-order valence-electron chi connectivity index (χ0n) is 10.8. The van der Waals surface area contributed by atoms with E-state index in [9.17, 15) is 0 Å². The molecule has 0 aliphatic rings. The molecule has 0 amide bonds. The normalized spacial score (nSPS) is 7.53. The first-order chi connectivity index (χ1) is 7.27. The lowest BCUT2D eigenvalue weighted by molar-refractivity contribution is 1.45. The van der Waals surface area contributed by atoms with Gasteiger partial charge in [-0.2, -0.15) is 0 Å². The molecule has 0 unspecified atom stereocenters. The highest BCUT2D eigenvalue weighted by Crippen LogP contribution is 2.13. The molecule has 0 spiro atoms. The van der Waals surface area contributed by atoms with E-state index < -0.39 is 0 Å². The first kappa shape index (κ1) is 16.1. The van der Waals surface area contributed by atoms with Crippen molar-refractivity contribution in [2.45, 2.75) is 34.6 Å². The average Bonchev–Trinajstić information content (AvgIpc) is 2.34. The fourth-order valence-corrected chi connectivity index (χ4v) is 1.06. The van der Waals surface area contributed by atoms with E-state index >= 15 is 0 Å². The van der Waals surface area contributed by atoms with Crippen LogP contribution < -0.4 is 0 Å². The molecular formula is C15H24. The first-order valence-electron chi connectivity index (χ1n) is 5.63. The number of aryl methyl sites for hydroxylation is 1. The van der Waals surface area contributed by atoms with Gasteiger partial charge in [-0.15, -0.1) is 0 Å². The summed E-state index contributed by atoms with van der Waals surface area (Å²) in [7, 11) is 0. The summed E-state index contributed by atoms with van der Waals surface area (Å²) in [6.45, 7) is 17.5. The molecule has 0 aliphatic heterocycles. The van der Waals surface area contributed by atoms with Crippen LogP contribution in [0, 0.1) is 6.92 Å². The summed E-state index contributed by atoms with van der Waals surface area (Å²) in [4.78, 5) is 0. The van der Waals surface area contributed by atoms with Crippen molar-refractivity contribution in [3.05, 3.63) is 48.0 Å².